The van der Waals surface area contributed by atoms with Crippen LogP contribution in [0, 0.1) is 6.92 Å². The lowest BCUT2D eigenvalue weighted by Crippen LogP contribution is -2.34. The molecule has 1 N–H and O–H groups in total. The van der Waals surface area contributed by atoms with Crippen LogP contribution in [0.15, 0.2) is 28.9 Å². The minimum Gasteiger partial charge on any atom is -0.348 e. The number of aryl methyl sites for hydroxylation is 2. The van der Waals surface area contributed by atoms with Crippen molar-refractivity contribution in [1.29, 1.82) is 0 Å². The van der Waals surface area contributed by atoms with Crippen molar-refractivity contribution in [3.63, 3.8) is 0 Å². The smallest absolute Gasteiger partial charge is 0.268 e. The van der Waals surface area contributed by atoms with Gasteiger partial charge in [-0.2, -0.15) is 0 Å². The number of hydrogen-bond acceptors (Lipinski definition) is 2. The molecular weight excluding hydrogens is 324 g/mol. The summed E-state index contributed by atoms with van der Waals surface area (Å²) in [6.07, 6.45) is 2.75. The minimum atomic E-state index is -0.0334. The van der Waals surface area contributed by atoms with Crippen LogP contribution >= 0.6 is 27.3 Å². The highest BCUT2D eigenvalue weighted by atomic mass is 79.9. The third-order valence-electron chi connectivity index (χ3n) is 2.89. The van der Waals surface area contributed by atoms with Gasteiger partial charge in [-0.15, -0.1) is 11.3 Å². The fourth-order valence-corrected chi connectivity index (χ4v) is 3.54. The Bertz CT molecular complexity index is 588. The van der Waals surface area contributed by atoms with Crippen molar-refractivity contribution in [3.8, 4) is 0 Å². The van der Waals surface area contributed by atoms with E-state index in [-0.39, 0.29) is 11.9 Å². The third-order valence-corrected chi connectivity index (χ3v) is 4.34. The van der Waals surface area contributed by atoms with Crippen LogP contribution in [0.5, 0.6) is 0 Å². The van der Waals surface area contributed by atoms with Crippen molar-refractivity contribution in [1.82, 2.24) is 9.88 Å². The zero-order valence-corrected chi connectivity index (χ0v) is 13.6. The fraction of sp³-hybridized carbons (Fsp3) is 0.357. The van der Waals surface area contributed by atoms with Crippen molar-refractivity contribution >= 4 is 33.2 Å². The van der Waals surface area contributed by atoms with Crippen molar-refractivity contribution in [3.05, 3.63) is 44.3 Å². The van der Waals surface area contributed by atoms with E-state index in [4.69, 9.17) is 0 Å². The molecule has 19 heavy (non-hydrogen) atoms. The van der Waals surface area contributed by atoms with Gasteiger partial charge in [0.25, 0.3) is 5.91 Å². The van der Waals surface area contributed by atoms with E-state index in [2.05, 4.69) is 40.3 Å². The van der Waals surface area contributed by atoms with Gasteiger partial charge in [0.1, 0.15) is 5.69 Å². The van der Waals surface area contributed by atoms with Crippen molar-refractivity contribution in [2.45, 2.75) is 26.3 Å². The Labute approximate surface area is 125 Å². The Morgan fingerprint density at radius 2 is 2.26 bits per heavy atom. The number of aromatic nitrogens is 1. The molecule has 0 spiro atoms. The lowest BCUT2D eigenvalue weighted by molar-refractivity contribution is 0.0932. The van der Waals surface area contributed by atoms with Gasteiger partial charge in [-0.05, 0) is 48.0 Å². The zero-order chi connectivity index (χ0) is 14.0. The molecule has 3 nitrogen and oxygen atoms in total. The van der Waals surface area contributed by atoms with Crippen LogP contribution in [0.25, 0.3) is 0 Å². The van der Waals surface area contributed by atoms with Crippen LogP contribution in [0.3, 0.4) is 0 Å². The number of nitrogens with one attached hydrogen (secondary N) is 1. The summed E-state index contributed by atoms with van der Waals surface area (Å²) in [5.41, 5.74) is 0.668. The second-order valence-corrected chi connectivity index (χ2v) is 7.03. The number of carbonyl (C=O) groups is 1. The molecule has 0 radical (unpaired) electrons. The molecule has 0 aliphatic heterocycles. The van der Waals surface area contributed by atoms with E-state index in [1.54, 1.807) is 11.3 Å². The van der Waals surface area contributed by atoms with Gasteiger partial charge in [0.05, 0.1) is 0 Å². The van der Waals surface area contributed by atoms with E-state index in [1.807, 2.05) is 30.8 Å². The zero-order valence-electron chi connectivity index (χ0n) is 11.2. The molecule has 2 rings (SSSR count). The highest BCUT2D eigenvalue weighted by molar-refractivity contribution is 9.10. The topological polar surface area (TPSA) is 34.0 Å². The van der Waals surface area contributed by atoms with Crippen molar-refractivity contribution in [2.75, 3.05) is 0 Å². The summed E-state index contributed by atoms with van der Waals surface area (Å²) < 4.78 is 2.74. The number of carbonyl (C=O) groups excluding carboxylic acids is 1. The predicted molar refractivity (Wildman–Crippen MR) is 82.8 cm³/mol. The second kappa shape index (κ2) is 5.92. The summed E-state index contributed by atoms with van der Waals surface area (Å²) in [4.78, 5) is 14.7. The Balaban J connectivity index is 1.97. The maximum absolute atomic E-state index is 12.1. The lowest BCUT2D eigenvalue weighted by Gasteiger charge is -2.13. The van der Waals surface area contributed by atoms with Crippen molar-refractivity contribution < 1.29 is 4.79 Å². The summed E-state index contributed by atoms with van der Waals surface area (Å²) >= 11 is 5.16. The number of hydrogen-bond donors (Lipinski definition) is 1. The number of amides is 1. The van der Waals surface area contributed by atoms with Crippen LogP contribution in [0.4, 0.5) is 0 Å². The number of rotatable bonds is 4. The van der Waals surface area contributed by atoms with Gasteiger partial charge in [-0.1, -0.05) is 0 Å². The number of thiophene rings is 1. The minimum absolute atomic E-state index is 0.0334. The molecule has 0 fully saturated rings. The first kappa shape index (κ1) is 14.3. The monoisotopic (exact) mass is 340 g/mol. The van der Waals surface area contributed by atoms with Gasteiger partial charge >= 0.3 is 0 Å². The van der Waals surface area contributed by atoms with Gasteiger partial charge < -0.3 is 9.88 Å². The molecule has 0 aliphatic rings. The van der Waals surface area contributed by atoms with Crippen LogP contribution < -0.4 is 5.32 Å². The van der Waals surface area contributed by atoms with Crippen molar-refractivity contribution in [2.24, 2.45) is 7.05 Å². The quantitative estimate of drug-likeness (QED) is 0.907. The van der Waals surface area contributed by atoms with E-state index < -0.39 is 0 Å². The van der Waals surface area contributed by atoms with E-state index in [0.29, 0.717) is 5.69 Å². The average Bonchev–Trinajstić information content (AvgIpc) is 2.84. The highest BCUT2D eigenvalue weighted by Crippen LogP contribution is 2.17. The molecule has 0 saturated carbocycles. The molecule has 102 valence electrons. The van der Waals surface area contributed by atoms with Crippen LogP contribution in [0.1, 0.15) is 27.2 Å². The fourth-order valence-electron chi connectivity index (χ4n) is 2.00. The van der Waals surface area contributed by atoms with Gasteiger partial charge in [-0.25, -0.2) is 0 Å². The molecular formula is C14H17BrN2OS. The Morgan fingerprint density at radius 3 is 2.79 bits per heavy atom. The lowest BCUT2D eigenvalue weighted by atomic mass is 10.2. The van der Waals surface area contributed by atoms with E-state index >= 15 is 0 Å². The molecule has 0 saturated heterocycles. The molecule has 0 aromatic carbocycles. The van der Waals surface area contributed by atoms with Crippen LogP contribution in [0.2, 0.25) is 0 Å². The summed E-state index contributed by atoms with van der Waals surface area (Å²) in [5, 5.41) is 3.03. The summed E-state index contributed by atoms with van der Waals surface area (Å²) in [6.45, 7) is 4.13. The maximum Gasteiger partial charge on any atom is 0.268 e. The second-order valence-electron chi connectivity index (χ2n) is 4.75. The normalized spacial score (nSPS) is 12.4. The highest BCUT2D eigenvalue weighted by Gasteiger charge is 2.14. The Morgan fingerprint density at radius 1 is 1.53 bits per heavy atom. The average molecular weight is 341 g/mol. The Hall–Kier alpha value is -1.07. The maximum atomic E-state index is 12.1. The number of halogens is 1. The predicted octanol–water partition coefficient (Wildman–Crippen LogP) is 3.52. The SMILES string of the molecule is Cc1ccc(CC(C)NC(=O)c2cc(Br)cn2C)s1. The summed E-state index contributed by atoms with van der Waals surface area (Å²) in [5.74, 6) is -0.0334. The first-order chi connectivity index (χ1) is 8.95. The largest absolute Gasteiger partial charge is 0.348 e. The molecule has 0 aliphatic carbocycles. The van der Waals surface area contributed by atoms with E-state index in [9.17, 15) is 4.79 Å². The first-order valence-corrected chi connectivity index (χ1v) is 7.74. The van der Waals surface area contributed by atoms with Crippen LogP contribution in [-0.4, -0.2) is 16.5 Å². The van der Waals surface area contributed by atoms with Gasteiger partial charge in [0.2, 0.25) is 0 Å². The van der Waals surface area contributed by atoms with Crippen LogP contribution in [-0.2, 0) is 13.5 Å². The molecule has 1 atom stereocenters. The first-order valence-electron chi connectivity index (χ1n) is 6.13. The molecule has 2 heterocycles. The molecule has 1 unspecified atom stereocenters. The standard InChI is InChI=1S/C14H17BrN2OS/c1-9(6-12-5-4-10(2)19-12)16-14(18)13-7-11(15)8-17(13)3/h4-5,7-9H,6H2,1-3H3,(H,16,18). The molecule has 2 aromatic heterocycles. The summed E-state index contributed by atoms with van der Waals surface area (Å²) in [7, 11) is 1.87. The molecule has 0 bridgehead atoms. The van der Waals surface area contributed by atoms with E-state index in [1.165, 1.54) is 9.75 Å². The van der Waals surface area contributed by atoms with Gasteiger partial charge in [0.15, 0.2) is 0 Å². The molecule has 2 aromatic rings. The van der Waals surface area contributed by atoms with E-state index in [0.717, 1.165) is 10.9 Å². The number of nitrogens with zero attached hydrogens (tertiary/aromatic N) is 1. The van der Waals surface area contributed by atoms with Gasteiger partial charge in [0, 0.05) is 39.9 Å². The Kier molecular flexibility index (Phi) is 4.47. The third kappa shape index (κ3) is 3.70. The summed E-state index contributed by atoms with van der Waals surface area (Å²) in [6, 6.07) is 6.20. The van der Waals surface area contributed by atoms with Gasteiger partial charge in [-0.3, -0.25) is 4.79 Å². The molecule has 1 amide bonds. The molecule has 5 heteroatoms.